The molecule has 0 amide bonds. The van der Waals surface area contributed by atoms with Crippen LogP contribution in [0.5, 0.6) is 0 Å². The second kappa shape index (κ2) is 6.80. The van der Waals surface area contributed by atoms with Crippen molar-refractivity contribution in [3.05, 3.63) is 34.4 Å². The molecule has 0 saturated carbocycles. The van der Waals surface area contributed by atoms with Gasteiger partial charge < -0.3 is 5.73 Å². The first kappa shape index (κ1) is 14.2. The lowest BCUT2D eigenvalue weighted by Gasteiger charge is -2.21. The first-order valence-corrected chi connectivity index (χ1v) is 6.88. The largest absolute Gasteiger partial charge is 0.330 e. The van der Waals surface area contributed by atoms with Crippen LogP contribution in [0.3, 0.4) is 0 Å². The summed E-state index contributed by atoms with van der Waals surface area (Å²) in [6, 6.07) is 4.63. The first-order chi connectivity index (χ1) is 8.10. The molecular weight excluding hydrogens is 206 g/mol. The highest BCUT2D eigenvalue weighted by molar-refractivity contribution is 5.39. The Bertz CT molecular complexity index is 332. The lowest BCUT2D eigenvalue weighted by atomic mass is 9.84. The molecule has 2 N–H and O–H groups in total. The number of rotatable bonds is 6. The summed E-state index contributed by atoms with van der Waals surface area (Å²) in [5.74, 6) is 0.698. The molecule has 17 heavy (non-hydrogen) atoms. The van der Waals surface area contributed by atoms with E-state index in [9.17, 15) is 0 Å². The second-order valence-corrected chi connectivity index (χ2v) is 5.23. The van der Waals surface area contributed by atoms with Crippen molar-refractivity contribution >= 4 is 0 Å². The van der Waals surface area contributed by atoms with Gasteiger partial charge in [-0.2, -0.15) is 0 Å². The molecule has 1 aromatic rings. The molecule has 1 unspecified atom stereocenters. The van der Waals surface area contributed by atoms with E-state index in [-0.39, 0.29) is 0 Å². The Balaban J connectivity index is 3.00. The summed E-state index contributed by atoms with van der Waals surface area (Å²) in [6.07, 6.45) is 4.90. The van der Waals surface area contributed by atoms with Gasteiger partial charge in [-0.3, -0.25) is 0 Å². The van der Waals surface area contributed by atoms with Crippen molar-refractivity contribution in [3.8, 4) is 0 Å². The first-order valence-electron chi connectivity index (χ1n) is 6.88. The van der Waals surface area contributed by atoms with Gasteiger partial charge in [-0.1, -0.05) is 31.0 Å². The Morgan fingerprint density at radius 2 is 1.65 bits per heavy atom. The molecule has 0 saturated heterocycles. The van der Waals surface area contributed by atoms with Crippen molar-refractivity contribution in [1.82, 2.24) is 0 Å². The van der Waals surface area contributed by atoms with Crippen molar-refractivity contribution < 1.29 is 0 Å². The smallest absolute Gasteiger partial charge is 0.00771 e. The fourth-order valence-electron chi connectivity index (χ4n) is 2.98. The number of hydrogen-bond acceptors (Lipinski definition) is 1. The minimum Gasteiger partial charge on any atom is -0.330 e. The number of hydrogen-bond donors (Lipinski definition) is 1. The third-order valence-electron chi connectivity index (χ3n) is 3.54. The van der Waals surface area contributed by atoms with Crippen LogP contribution in [0.25, 0.3) is 0 Å². The highest BCUT2D eigenvalue weighted by Gasteiger charge is 2.15. The fourth-order valence-corrected chi connectivity index (χ4v) is 2.98. The van der Waals surface area contributed by atoms with E-state index in [1.54, 1.807) is 5.56 Å². The molecule has 1 heteroatoms. The predicted octanol–water partition coefficient (Wildman–Crippen LogP) is 4.23. The van der Waals surface area contributed by atoms with Gasteiger partial charge in [-0.15, -0.1) is 0 Å². The standard InChI is InChI=1S/C16H27N/c1-5-7-15(8-6-9-17)16-13(3)10-12(2)11-14(16)4/h10-11,15H,5-9,17H2,1-4H3. The monoisotopic (exact) mass is 233 g/mol. The van der Waals surface area contributed by atoms with Gasteiger partial charge >= 0.3 is 0 Å². The van der Waals surface area contributed by atoms with Gasteiger partial charge in [0.2, 0.25) is 0 Å². The van der Waals surface area contributed by atoms with E-state index in [0.29, 0.717) is 5.92 Å². The van der Waals surface area contributed by atoms with E-state index in [2.05, 4.69) is 39.8 Å². The predicted molar refractivity (Wildman–Crippen MR) is 76.6 cm³/mol. The zero-order chi connectivity index (χ0) is 12.8. The van der Waals surface area contributed by atoms with Crippen molar-refractivity contribution in [1.29, 1.82) is 0 Å². The molecule has 0 aliphatic rings. The molecule has 0 heterocycles. The topological polar surface area (TPSA) is 26.0 Å². The van der Waals surface area contributed by atoms with Gasteiger partial charge in [0.05, 0.1) is 0 Å². The lowest BCUT2D eigenvalue weighted by Crippen LogP contribution is -2.07. The van der Waals surface area contributed by atoms with Gasteiger partial charge in [-0.25, -0.2) is 0 Å². The highest BCUT2D eigenvalue weighted by atomic mass is 14.5. The molecule has 0 aromatic heterocycles. The van der Waals surface area contributed by atoms with Gasteiger partial charge in [-0.05, 0) is 69.2 Å². The average Bonchev–Trinajstić information content (AvgIpc) is 2.24. The minimum atomic E-state index is 0.698. The van der Waals surface area contributed by atoms with E-state index in [1.165, 1.54) is 36.0 Å². The number of nitrogens with two attached hydrogens (primary N) is 1. The third kappa shape index (κ3) is 3.85. The molecule has 0 aliphatic carbocycles. The molecule has 0 aliphatic heterocycles. The maximum Gasteiger partial charge on any atom is -0.00771 e. The van der Waals surface area contributed by atoms with Crippen LogP contribution in [0.15, 0.2) is 12.1 Å². The van der Waals surface area contributed by atoms with Crippen LogP contribution in [0, 0.1) is 20.8 Å². The van der Waals surface area contributed by atoms with E-state index in [1.807, 2.05) is 0 Å². The Labute approximate surface area is 106 Å². The van der Waals surface area contributed by atoms with Crippen LogP contribution in [-0.4, -0.2) is 6.54 Å². The SMILES string of the molecule is CCCC(CCCN)c1c(C)cc(C)cc1C. The average molecular weight is 233 g/mol. The molecule has 1 aromatic carbocycles. The molecule has 96 valence electrons. The summed E-state index contributed by atoms with van der Waals surface area (Å²) in [7, 11) is 0. The number of benzene rings is 1. The number of aryl methyl sites for hydroxylation is 3. The summed E-state index contributed by atoms with van der Waals surface area (Å²) in [4.78, 5) is 0. The van der Waals surface area contributed by atoms with Gasteiger partial charge in [0.1, 0.15) is 0 Å². The van der Waals surface area contributed by atoms with Crippen LogP contribution >= 0.6 is 0 Å². The Morgan fingerprint density at radius 1 is 1.06 bits per heavy atom. The summed E-state index contributed by atoms with van der Waals surface area (Å²) >= 11 is 0. The van der Waals surface area contributed by atoms with Crippen LogP contribution in [0.1, 0.15) is 60.8 Å². The van der Waals surface area contributed by atoms with Crippen molar-refractivity contribution in [3.63, 3.8) is 0 Å². The zero-order valence-electron chi connectivity index (χ0n) is 11.8. The highest BCUT2D eigenvalue weighted by Crippen LogP contribution is 2.32. The summed E-state index contributed by atoms with van der Waals surface area (Å²) in [5.41, 5.74) is 11.5. The molecule has 0 bridgehead atoms. The van der Waals surface area contributed by atoms with Crippen LogP contribution in [-0.2, 0) is 0 Å². The van der Waals surface area contributed by atoms with Crippen molar-refractivity contribution in [2.24, 2.45) is 5.73 Å². The molecule has 1 atom stereocenters. The Kier molecular flexibility index (Phi) is 5.70. The summed E-state index contributed by atoms with van der Waals surface area (Å²) in [5, 5.41) is 0. The van der Waals surface area contributed by atoms with Gasteiger partial charge in [0, 0.05) is 0 Å². The molecule has 0 fully saturated rings. The maximum atomic E-state index is 5.65. The second-order valence-electron chi connectivity index (χ2n) is 5.23. The Morgan fingerprint density at radius 3 is 2.12 bits per heavy atom. The Hall–Kier alpha value is -0.820. The van der Waals surface area contributed by atoms with E-state index >= 15 is 0 Å². The van der Waals surface area contributed by atoms with E-state index < -0.39 is 0 Å². The molecule has 1 rings (SSSR count). The summed E-state index contributed by atoms with van der Waals surface area (Å²) < 4.78 is 0. The van der Waals surface area contributed by atoms with Crippen LogP contribution in [0.4, 0.5) is 0 Å². The van der Waals surface area contributed by atoms with E-state index in [0.717, 1.165) is 13.0 Å². The minimum absolute atomic E-state index is 0.698. The lowest BCUT2D eigenvalue weighted by molar-refractivity contribution is 0.545. The molecule has 0 spiro atoms. The van der Waals surface area contributed by atoms with Crippen LogP contribution in [0.2, 0.25) is 0 Å². The van der Waals surface area contributed by atoms with Gasteiger partial charge in [0.15, 0.2) is 0 Å². The molecule has 0 radical (unpaired) electrons. The quantitative estimate of drug-likeness (QED) is 0.781. The van der Waals surface area contributed by atoms with Crippen molar-refractivity contribution in [2.45, 2.75) is 59.3 Å². The molecular formula is C16H27N. The van der Waals surface area contributed by atoms with Crippen LogP contribution < -0.4 is 5.73 Å². The molecule has 1 nitrogen and oxygen atoms in total. The normalized spacial score (nSPS) is 12.8. The summed E-state index contributed by atoms with van der Waals surface area (Å²) in [6.45, 7) is 9.76. The fraction of sp³-hybridized carbons (Fsp3) is 0.625. The van der Waals surface area contributed by atoms with Gasteiger partial charge in [0.25, 0.3) is 0 Å². The zero-order valence-corrected chi connectivity index (χ0v) is 11.8. The maximum absolute atomic E-state index is 5.65. The van der Waals surface area contributed by atoms with Crippen molar-refractivity contribution in [2.75, 3.05) is 6.54 Å². The van der Waals surface area contributed by atoms with E-state index in [4.69, 9.17) is 5.73 Å². The third-order valence-corrected chi connectivity index (χ3v) is 3.54.